The van der Waals surface area contributed by atoms with Crippen molar-refractivity contribution in [1.29, 1.82) is 0 Å². The summed E-state index contributed by atoms with van der Waals surface area (Å²) in [5.41, 5.74) is 1.30. The molecule has 6 heteroatoms. The van der Waals surface area contributed by atoms with Crippen LogP contribution in [0.3, 0.4) is 0 Å². The molecule has 2 rings (SSSR count). The van der Waals surface area contributed by atoms with Gasteiger partial charge in [-0.2, -0.15) is 0 Å². The number of hydrogen-bond acceptors (Lipinski definition) is 4. The number of benzene rings is 1. The number of nitrogens with zero attached hydrogens (tertiary/aromatic N) is 1. The summed E-state index contributed by atoms with van der Waals surface area (Å²) >= 11 is 7.22. The Balaban J connectivity index is 2.23. The molecule has 0 atom stereocenters. The average molecular weight is 283 g/mol. The zero-order valence-electron chi connectivity index (χ0n) is 9.86. The van der Waals surface area contributed by atoms with Gasteiger partial charge < -0.3 is 4.74 Å². The second kappa shape index (κ2) is 5.37. The van der Waals surface area contributed by atoms with E-state index in [1.807, 2.05) is 12.3 Å². The van der Waals surface area contributed by atoms with E-state index in [-0.39, 0.29) is 5.91 Å². The maximum Gasteiger partial charge on any atom is 0.261 e. The molecule has 0 radical (unpaired) electrons. The highest BCUT2D eigenvalue weighted by molar-refractivity contribution is 7.13. The van der Waals surface area contributed by atoms with Crippen LogP contribution in [0.2, 0.25) is 5.02 Å². The number of hydrogen-bond donors (Lipinski definition) is 1. The van der Waals surface area contributed by atoms with E-state index >= 15 is 0 Å². The molecule has 1 aromatic carbocycles. The van der Waals surface area contributed by atoms with Crippen molar-refractivity contribution in [3.8, 4) is 5.75 Å². The van der Waals surface area contributed by atoms with Gasteiger partial charge in [0.05, 0.1) is 18.4 Å². The second-order valence-corrected chi connectivity index (χ2v) is 4.89. The number of anilines is 1. The highest BCUT2D eigenvalue weighted by Gasteiger charge is 2.14. The lowest BCUT2D eigenvalue weighted by Gasteiger charge is -2.07. The summed E-state index contributed by atoms with van der Waals surface area (Å²) in [6.45, 7) is 1.87. The first-order valence-corrected chi connectivity index (χ1v) is 6.43. The molecule has 0 aliphatic rings. The van der Waals surface area contributed by atoms with Gasteiger partial charge in [-0.25, -0.2) is 4.98 Å². The molecule has 0 fully saturated rings. The van der Waals surface area contributed by atoms with Crippen molar-refractivity contribution in [3.05, 3.63) is 39.9 Å². The second-order valence-electron chi connectivity index (χ2n) is 3.59. The minimum atomic E-state index is -0.266. The zero-order chi connectivity index (χ0) is 13.1. The number of rotatable bonds is 3. The summed E-state index contributed by atoms with van der Waals surface area (Å²) in [5.74, 6) is 0.172. The molecule has 0 bridgehead atoms. The topological polar surface area (TPSA) is 51.2 Å². The predicted molar refractivity (Wildman–Crippen MR) is 72.8 cm³/mol. The molecule has 0 aliphatic heterocycles. The summed E-state index contributed by atoms with van der Waals surface area (Å²) in [6.07, 6.45) is 0. The molecular formula is C12H11ClN2O2S. The Labute approximate surface area is 114 Å². The quantitative estimate of drug-likeness (QED) is 0.939. The molecule has 94 valence electrons. The van der Waals surface area contributed by atoms with Gasteiger partial charge in [-0.1, -0.05) is 11.6 Å². The number of methoxy groups -OCH3 is 1. The van der Waals surface area contributed by atoms with E-state index < -0.39 is 0 Å². The van der Waals surface area contributed by atoms with Gasteiger partial charge in [-0.3, -0.25) is 10.1 Å². The van der Waals surface area contributed by atoms with E-state index in [9.17, 15) is 4.79 Å². The number of thiazole rings is 1. The fourth-order valence-corrected chi connectivity index (χ4v) is 2.27. The van der Waals surface area contributed by atoms with Gasteiger partial charge in [0.2, 0.25) is 0 Å². The van der Waals surface area contributed by atoms with E-state index in [4.69, 9.17) is 16.3 Å². The Morgan fingerprint density at radius 3 is 2.89 bits per heavy atom. The minimum absolute atomic E-state index is 0.266. The molecule has 1 amide bonds. The van der Waals surface area contributed by atoms with Gasteiger partial charge in [-0.15, -0.1) is 11.3 Å². The minimum Gasteiger partial charge on any atom is -0.496 e. The van der Waals surface area contributed by atoms with Crippen LogP contribution < -0.4 is 10.1 Å². The lowest BCUT2D eigenvalue weighted by Crippen LogP contribution is -2.13. The first-order valence-electron chi connectivity index (χ1n) is 5.17. The first-order chi connectivity index (χ1) is 8.60. The Hall–Kier alpha value is -1.59. The van der Waals surface area contributed by atoms with Crippen LogP contribution in [0.5, 0.6) is 5.75 Å². The molecule has 18 heavy (non-hydrogen) atoms. The third-order valence-corrected chi connectivity index (χ3v) is 3.36. The van der Waals surface area contributed by atoms with Crippen LogP contribution in [0.25, 0.3) is 0 Å². The van der Waals surface area contributed by atoms with Gasteiger partial charge in [-0.05, 0) is 25.1 Å². The highest BCUT2D eigenvalue weighted by atomic mass is 35.5. The summed E-state index contributed by atoms with van der Waals surface area (Å²) in [7, 11) is 1.50. The fraction of sp³-hybridized carbons (Fsp3) is 0.167. The molecule has 0 saturated carbocycles. The molecule has 2 aromatic rings. The number of amides is 1. The Bertz CT molecular complexity index is 583. The smallest absolute Gasteiger partial charge is 0.261 e. The van der Waals surface area contributed by atoms with Crippen LogP contribution in [0.1, 0.15) is 16.1 Å². The monoisotopic (exact) mass is 282 g/mol. The van der Waals surface area contributed by atoms with Gasteiger partial charge >= 0.3 is 0 Å². The van der Waals surface area contributed by atoms with Gasteiger partial charge in [0, 0.05) is 10.4 Å². The number of nitrogens with one attached hydrogen (secondary N) is 1. The molecule has 1 heterocycles. The van der Waals surface area contributed by atoms with Gasteiger partial charge in [0.25, 0.3) is 5.91 Å². The van der Waals surface area contributed by atoms with Crippen LogP contribution in [0.15, 0.2) is 23.6 Å². The van der Waals surface area contributed by atoms with Crippen LogP contribution in [-0.2, 0) is 0 Å². The maximum absolute atomic E-state index is 12.0. The summed E-state index contributed by atoms with van der Waals surface area (Å²) < 4.78 is 5.13. The van der Waals surface area contributed by atoms with Crippen molar-refractivity contribution in [2.45, 2.75) is 6.92 Å². The Kier molecular flexibility index (Phi) is 3.84. The lowest BCUT2D eigenvalue weighted by atomic mass is 10.2. The molecule has 0 saturated heterocycles. The third kappa shape index (κ3) is 2.80. The van der Waals surface area contributed by atoms with E-state index in [1.165, 1.54) is 18.4 Å². The third-order valence-electron chi connectivity index (χ3n) is 2.25. The Morgan fingerprint density at radius 2 is 2.28 bits per heavy atom. The zero-order valence-corrected chi connectivity index (χ0v) is 11.4. The van der Waals surface area contributed by atoms with Crippen molar-refractivity contribution in [1.82, 2.24) is 4.98 Å². The maximum atomic E-state index is 12.0. The van der Waals surface area contributed by atoms with Crippen molar-refractivity contribution < 1.29 is 9.53 Å². The number of aromatic nitrogens is 1. The van der Waals surface area contributed by atoms with Crippen molar-refractivity contribution in [3.63, 3.8) is 0 Å². The molecule has 4 nitrogen and oxygen atoms in total. The van der Waals surface area contributed by atoms with Crippen LogP contribution in [-0.4, -0.2) is 18.0 Å². The number of ether oxygens (including phenoxy) is 1. The average Bonchev–Trinajstić information content (AvgIpc) is 2.74. The van der Waals surface area contributed by atoms with Crippen LogP contribution in [0.4, 0.5) is 5.13 Å². The van der Waals surface area contributed by atoms with E-state index in [0.717, 1.165) is 5.69 Å². The Morgan fingerprint density at radius 1 is 1.50 bits per heavy atom. The number of carbonyl (C=O) groups is 1. The summed E-state index contributed by atoms with van der Waals surface area (Å²) in [5, 5.41) is 5.67. The van der Waals surface area contributed by atoms with Crippen molar-refractivity contribution in [2.75, 3.05) is 12.4 Å². The molecule has 1 aromatic heterocycles. The number of carbonyl (C=O) groups excluding carboxylic acids is 1. The summed E-state index contributed by atoms with van der Waals surface area (Å²) in [4.78, 5) is 16.2. The molecule has 0 unspecified atom stereocenters. The molecule has 1 N–H and O–H groups in total. The fourth-order valence-electron chi connectivity index (χ4n) is 1.43. The summed E-state index contributed by atoms with van der Waals surface area (Å²) in [6, 6.07) is 4.87. The largest absolute Gasteiger partial charge is 0.496 e. The van der Waals surface area contributed by atoms with Crippen molar-refractivity contribution >= 4 is 34.0 Å². The number of aryl methyl sites for hydroxylation is 1. The standard InChI is InChI=1S/C12H11ClN2O2S/c1-7-6-18-12(14-7)15-11(16)9-4-3-8(13)5-10(9)17-2/h3-6H,1-2H3,(H,14,15,16). The normalized spacial score (nSPS) is 10.2. The lowest BCUT2D eigenvalue weighted by molar-refractivity contribution is 0.102. The van der Waals surface area contributed by atoms with E-state index in [0.29, 0.717) is 21.5 Å². The first kappa shape index (κ1) is 12.9. The van der Waals surface area contributed by atoms with Crippen LogP contribution >= 0.6 is 22.9 Å². The highest BCUT2D eigenvalue weighted by Crippen LogP contribution is 2.24. The number of halogens is 1. The van der Waals surface area contributed by atoms with Crippen molar-refractivity contribution in [2.24, 2.45) is 0 Å². The van der Waals surface area contributed by atoms with Crippen LogP contribution in [0, 0.1) is 6.92 Å². The van der Waals surface area contributed by atoms with Gasteiger partial charge in [0.1, 0.15) is 5.75 Å². The molecule has 0 aliphatic carbocycles. The predicted octanol–water partition coefficient (Wildman–Crippen LogP) is 3.37. The van der Waals surface area contributed by atoms with Gasteiger partial charge in [0.15, 0.2) is 5.13 Å². The van der Waals surface area contributed by atoms with E-state index in [1.54, 1.807) is 18.2 Å². The SMILES string of the molecule is COc1cc(Cl)ccc1C(=O)Nc1nc(C)cs1. The molecular weight excluding hydrogens is 272 g/mol. The molecule has 0 spiro atoms. The van der Waals surface area contributed by atoms with E-state index in [2.05, 4.69) is 10.3 Å².